The lowest BCUT2D eigenvalue weighted by atomic mass is 9.74. The number of hydrogen-bond donors (Lipinski definition) is 0. The van der Waals surface area contributed by atoms with Gasteiger partial charge in [0.05, 0.1) is 11.8 Å². The van der Waals surface area contributed by atoms with E-state index in [0.717, 1.165) is 95.4 Å². The molecule has 8 saturated heterocycles. The van der Waals surface area contributed by atoms with Gasteiger partial charge in [0.15, 0.2) is 0 Å². The van der Waals surface area contributed by atoms with Crippen molar-refractivity contribution in [1.82, 2.24) is 36.8 Å². The zero-order valence-electron chi connectivity index (χ0n) is 66.2. The molecule has 8 heterocycles. The Balaban J connectivity index is -0.000000234. The van der Waals surface area contributed by atoms with E-state index in [2.05, 4.69) is 75.4 Å². The van der Waals surface area contributed by atoms with E-state index in [-0.39, 0.29) is 41.0 Å². The number of urea groups is 1. The average Bonchev–Trinajstić information content (AvgIpc) is 1.73. The van der Waals surface area contributed by atoms with Gasteiger partial charge in [0.1, 0.15) is 0 Å². The first-order chi connectivity index (χ1) is 43.2. The van der Waals surface area contributed by atoms with Crippen molar-refractivity contribution in [3.05, 3.63) is 0 Å². The molecule has 554 valence electrons. The summed E-state index contributed by atoms with van der Waals surface area (Å²) in [6, 6.07) is 2.78. The van der Waals surface area contributed by atoms with Gasteiger partial charge in [-0.1, -0.05) is 143 Å². The molecule has 7 unspecified atom stereocenters. The van der Waals surface area contributed by atoms with Crippen molar-refractivity contribution in [2.75, 3.05) is 63.9 Å². The van der Waals surface area contributed by atoms with Crippen LogP contribution in [0.25, 0.3) is 0 Å². The van der Waals surface area contributed by atoms with Gasteiger partial charge in [-0.3, -0.25) is 13.8 Å². The van der Waals surface area contributed by atoms with Crippen LogP contribution in [0.15, 0.2) is 0 Å². The first-order valence-corrected chi connectivity index (χ1v) is 42.6. The highest BCUT2D eigenvalue weighted by atomic mass is 32.2. The van der Waals surface area contributed by atoms with Crippen molar-refractivity contribution in [2.45, 2.75) is 358 Å². The number of likely N-dealkylation sites (tertiary alicyclic amines) is 2. The molecule has 16 nitrogen and oxygen atoms in total. The number of fused-ring (bicyclic) bond motifs is 4. The zero-order chi connectivity index (χ0) is 71.6. The third-order valence-corrected chi connectivity index (χ3v) is 24.3. The smallest absolute Gasteiger partial charge is 0.320 e. The maximum atomic E-state index is 12.4. The monoisotopic (exact) mass is 1380 g/mol. The largest absolute Gasteiger partial charge is 0.340 e. The molecule has 7 atom stereocenters. The summed E-state index contributed by atoms with van der Waals surface area (Å²) in [5.41, 5.74) is 0. The van der Waals surface area contributed by atoms with Crippen LogP contribution in [0, 0.1) is 23.7 Å². The molecule has 0 aromatic carbocycles. The van der Waals surface area contributed by atoms with E-state index in [1.807, 2.05) is 148 Å². The minimum absolute atomic E-state index is 0. The number of nitrogens with zero attached hydrogens (tertiary/aromatic N) is 8. The second-order valence-corrected chi connectivity index (χ2v) is 31.3. The molecular weight excluding hydrogens is 1220 g/mol. The van der Waals surface area contributed by atoms with Crippen LogP contribution in [-0.4, -0.2) is 211 Å². The molecular formula is C72H154B2N8O8S3. The molecule has 21 heteroatoms. The van der Waals surface area contributed by atoms with E-state index in [1.54, 1.807) is 12.9 Å². The highest BCUT2D eigenvalue weighted by Crippen LogP contribution is 2.39. The van der Waals surface area contributed by atoms with Gasteiger partial charge in [-0.15, -0.1) is 0 Å². The second kappa shape index (κ2) is 55.9. The summed E-state index contributed by atoms with van der Waals surface area (Å²) in [7, 11) is -7.93. The fourth-order valence-electron chi connectivity index (χ4n) is 13.3. The molecule has 10 rings (SSSR count). The summed E-state index contributed by atoms with van der Waals surface area (Å²) in [4.78, 5) is 42.7. The molecule has 8 aliphatic heterocycles. The van der Waals surface area contributed by atoms with Gasteiger partial charge >= 0.3 is 6.03 Å². The molecule has 2 aliphatic carbocycles. The maximum absolute atomic E-state index is 12.4. The van der Waals surface area contributed by atoms with Crippen LogP contribution in [0.2, 0.25) is 0 Å². The fourth-order valence-corrected chi connectivity index (χ4v) is 19.7. The molecule has 10 aliphatic rings. The van der Waals surface area contributed by atoms with Crippen LogP contribution in [0.4, 0.5) is 4.79 Å². The van der Waals surface area contributed by atoms with Gasteiger partial charge in [-0.25, -0.2) is 17.5 Å². The van der Waals surface area contributed by atoms with Crippen LogP contribution in [0.3, 0.4) is 0 Å². The van der Waals surface area contributed by atoms with E-state index in [1.165, 1.54) is 77.0 Å². The van der Waals surface area contributed by atoms with Crippen molar-refractivity contribution >= 4 is 70.5 Å². The standard InChI is InChI=1S/C12H23NOS.C12H21NO.C10H18N2O.C9H18N2O2S.C7H13NO.C6H13NO2S.8C2H6.2B/c1-10(2)13-8-11-6-4-5-7-12(11)9-15(13,3)14;1-9(2)13-8-11-6-4-3-5-10(11)7-12(13)14;1-8(2)12-7-9-5-3-4-6-11(9)10(12)13;1-8(2)11-7-9-5-3-4-6-10(9)14(11,12)13;1-6(2)8-5-3-4-7(8)9;1-6(2)7-4-3-5-10(7,8)9;8*1-2;;/h10-12H,3-9H2,1-2H3;9-11H,3-8H2,1-2H3;8-9H,3-7H2,1-2H3;8-9H,3-7H2,1-2H3;6H,3-5H2,1-2H3;6H,3-5H2,1-2H3;8*1-2H3;;. The molecule has 0 spiro atoms. The minimum atomic E-state index is -3.12. The molecule has 0 bridgehead atoms. The van der Waals surface area contributed by atoms with Gasteiger partial charge in [0.2, 0.25) is 21.8 Å². The normalized spacial score (nSPS) is 26.2. The Bertz CT molecular complexity index is 2180. The lowest BCUT2D eigenvalue weighted by molar-refractivity contribution is -0.140. The predicted octanol–water partition coefficient (Wildman–Crippen LogP) is 16.0. The minimum Gasteiger partial charge on any atom is -0.340 e. The quantitative estimate of drug-likeness (QED) is 0.187. The fraction of sp³-hybridized carbons (Fsp3) is 0.944. The van der Waals surface area contributed by atoms with Crippen LogP contribution < -0.4 is 0 Å². The molecule has 6 radical (unpaired) electrons. The van der Waals surface area contributed by atoms with Crippen LogP contribution >= 0.6 is 0 Å². The third kappa shape index (κ3) is 33.7. The highest BCUT2D eigenvalue weighted by Gasteiger charge is 2.46. The second-order valence-electron chi connectivity index (χ2n) is 25.0. The summed E-state index contributed by atoms with van der Waals surface area (Å²) < 4.78 is 65.8. The maximum Gasteiger partial charge on any atom is 0.320 e. The number of rotatable bonds is 6. The summed E-state index contributed by atoms with van der Waals surface area (Å²) in [5, 5.41) is 0. The Morgan fingerprint density at radius 2 is 0.796 bits per heavy atom. The summed E-state index contributed by atoms with van der Waals surface area (Å²) in [6.07, 6.45) is 21.0. The highest BCUT2D eigenvalue weighted by molar-refractivity contribution is 7.98. The number of hydrogen-bond acceptors (Lipinski definition) is 8. The third-order valence-electron chi connectivity index (χ3n) is 17.6. The van der Waals surface area contributed by atoms with Crippen molar-refractivity contribution < 1.29 is 35.4 Å². The average molecular weight is 1380 g/mol. The Morgan fingerprint density at radius 1 is 0.376 bits per heavy atom. The van der Waals surface area contributed by atoms with Gasteiger partial charge in [0, 0.05) is 140 Å². The number of piperidine rings is 3. The van der Waals surface area contributed by atoms with Gasteiger partial charge in [-0.05, 0) is 183 Å². The van der Waals surface area contributed by atoms with Crippen molar-refractivity contribution in [2.24, 2.45) is 23.7 Å². The Kier molecular flexibility index (Phi) is 61.4. The molecule has 10 fully saturated rings. The Labute approximate surface area is 584 Å². The Morgan fingerprint density at radius 3 is 1.17 bits per heavy atom. The topological polar surface area (TPSA) is 162 Å². The molecule has 4 amide bonds. The van der Waals surface area contributed by atoms with Gasteiger partial charge < -0.3 is 19.6 Å². The zero-order valence-corrected chi connectivity index (χ0v) is 68.6. The van der Waals surface area contributed by atoms with Gasteiger partial charge in [-0.2, -0.15) is 21.3 Å². The summed E-state index contributed by atoms with van der Waals surface area (Å²) in [5.74, 6) is 8.88. The van der Waals surface area contributed by atoms with E-state index in [4.69, 9.17) is 0 Å². The number of carbonyl (C=O) groups is 3. The first kappa shape index (κ1) is 102. The summed E-state index contributed by atoms with van der Waals surface area (Å²) >= 11 is 0. The lowest BCUT2D eigenvalue weighted by Gasteiger charge is -2.44. The molecule has 2 saturated carbocycles. The van der Waals surface area contributed by atoms with E-state index in [0.29, 0.717) is 72.7 Å². The molecule has 0 N–H and O–H groups in total. The SMILES string of the molecule is C=S1(=O)CC2CCCCC2CN1C(C)C.CC.CC.CC.CC.CC.CC.CC.CC.CC(C)N1CC2CCCCC2CC1=O.CC(C)N1CC2CCCCN2C1=O.CC(C)N1CC2CCCCN2S1(=O)=O.CC(C)N1CCCC1=O.CC(C)N1CCCS1(=O)=O.[B].[B]. The first-order valence-electron chi connectivity index (χ1n) is 37.7. The van der Waals surface area contributed by atoms with E-state index in [9.17, 15) is 35.4 Å². The lowest BCUT2D eigenvalue weighted by Crippen LogP contribution is -2.50. The van der Waals surface area contributed by atoms with Crippen molar-refractivity contribution in [3.8, 4) is 0 Å². The van der Waals surface area contributed by atoms with Crippen LogP contribution in [0.5, 0.6) is 0 Å². The number of sulfonamides is 1. The summed E-state index contributed by atoms with van der Waals surface area (Å²) in [6.45, 7) is 63.6. The van der Waals surface area contributed by atoms with E-state index < -0.39 is 29.9 Å². The van der Waals surface area contributed by atoms with Gasteiger partial charge in [0.25, 0.3) is 10.2 Å². The molecule has 93 heavy (non-hydrogen) atoms. The number of amides is 4. The van der Waals surface area contributed by atoms with E-state index >= 15 is 0 Å². The number of carbonyl (C=O) groups excluding carboxylic acids is 3. The van der Waals surface area contributed by atoms with Crippen LogP contribution in [-0.2, 0) is 39.5 Å². The predicted molar refractivity (Wildman–Crippen MR) is 410 cm³/mol. The van der Waals surface area contributed by atoms with Crippen LogP contribution in [0.1, 0.15) is 309 Å². The van der Waals surface area contributed by atoms with Crippen molar-refractivity contribution in [3.63, 3.8) is 0 Å². The molecule has 0 aromatic rings. The van der Waals surface area contributed by atoms with Crippen molar-refractivity contribution in [1.29, 1.82) is 0 Å². The Hall–Kier alpha value is -1.90. The molecule has 0 aromatic heterocycles.